The summed E-state index contributed by atoms with van der Waals surface area (Å²) >= 11 is 1.83. The molecule has 1 aliphatic carbocycles. The fourth-order valence-electron chi connectivity index (χ4n) is 6.83. The Hall–Kier alpha value is -1.41. The van der Waals surface area contributed by atoms with Gasteiger partial charge in [-0.15, -0.1) is 11.3 Å². The minimum absolute atomic E-state index is 0.0576. The summed E-state index contributed by atoms with van der Waals surface area (Å²) in [5.41, 5.74) is 0. The number of ether oxygens (including phenoxy) is 1. The van der Waals surface area contributed by atoms with Gasteiger partial charge in [0.2, 0.25) is 0 Å². The number of thiophene rings is 1. The fourth-order valence-corrected chi connectivity index (χ4v) is 11.6. The maximum absolute atomic E-state index is 13.2. The number of hydrogen-bond acceptors (Lipinski definition) is 7. The molecule has 0 aliphatic heterocycles. The molecule has 1 fully saturated rings. The van der Waals surface area contributed by atoms with Crippen molar-refractivity contribution in [2.45, 2.75) is 239 Å². The van der Waals surface area contributed by atoms with Gasteiger partial charge in [-0.3, -0.25) is 9.59 Å². The van der Waals surface area contributed by atoms with Gasteiger partial charge in [-0.1, -0.05) is 144 Å². The molecule has 3 unspecified atom stereocenters. The van der Waals surface area contributed by atoms with Crippen LogP contribution in [0.2, 0.25) is 54.4 Å². The summed E-state index contributed by atoms with van der Waals surface area (Å²) in [4.78, 5) is 26.0. The maximum Gasteiger partial charge on any atom is 0.305 e. The molecule has 6 nitrogen and oxygen atoms in total. The van der Waals surface area contributed by atoms with Crippen LogP contribution in [0.25, 0.3) is 0 Å². The lowest BCUT2D eigenvalue weighted by Crippen LogP contribution is -2.45. The van der Waals surface area contributed by atoms with E-state index < -0.39 is 25.0 Å². The third-order valence-electron chi connectivity index (χ3n) is 14.0. The van der Waals surface area contributed by atoms with E-state index in [2.05, 4.69) is 169 Å². The zero-order chi connectivity index (χ0) is 47.4. The van der Waals surface area contributed by atoms with Crippen molar-refractivity contribution in [1.82, 2.24) is 0 Å². The molecular weight excluding hydrogens is 837 g/mol. The summed E-state index contributed by atoms with van der Waals surface area (Å²) in [6.07, 6.45) is 27.3. The lowest BCUT2D eigenvalue weighted by molar-refractivity contribution is -0.140. The van der Waals surface area contributed by atoms with Crippen molar-refractivity contribution in [3.8, 4) is 0 Å². The van der Waals surface area contributed by atoms with E-state index in [1.807, 2.05) is 11.3 Å². The molecule has 1 heterocycles. The summed E-state index contributed by atoms with van der Waals surface area (Å²) in [6.45, 7) is 39.1. The summed E-state index contributed by atoms with van der Waals surface area (Å²) in [5.74, 6) is 0.166. The highest BCUT2D eigenvalue weighted by Gasteiger charge is 2.47. The molecule has 0 N–H and O–H groups in total. The SMILES string of the molecule is CCCC(CC/C=C/[C@H]1C(O[Si](C)(C)C(C)(C)C)CC(=O)[C@@H]1C/C=C\CCCC(=O)OC)O[Si](C)(C)C(C)(C)C.CCCCCC(/C=C/Cc1cccs1)O[Si](C)(C)C(C)(C)C. The Morgan fingerprint density at radius 2 is 1.40 bits per heavy atom. The number of carbonyl (C=O) groups is 2. The minimum atomic E-state index is -2.02. The largest absolute Gasteiger partial charge is 0.469 e. The Kier molecular flexibility index (Phi) is 25.8. The van der Waals surface area contributed by atoms with Gasteiger partial charge >= 0.3 is 5.97 Å². The second kappa shape index (κ2) is 27.3. The molecule has 62 heavy (non-hydrogen) atoms. The number of ketones is 1. The monoisotopic (exact) mass is 933 g/mol. The van der Waals surface area contributed by atoms with E-state index in [0.29, 0.717) is 18.6 Å². The summed E-state index contributed by atoms with van der Waals surface area (Å²) in [5, 5.41) is 2.72. The second-order valence-corrected chi connectivity index (χ2v) is 37.7. The molecule has 1 aliphatic rings. The van der Waals surface area contributed by atoms with Crippen LogP contribution in [0.4, 0.5) is 0 Å². The summed E-state index contributed by atoms with van der Waals surface area (Å²) < 4.78 is 25.0. The van der Waals surface area contributed by atoms with Crippen molar-refractivity contribution in [3.63, 3.8) is 0 Å². The van der Waals surface area contributed by atoms with E-state index in [4.69, 9.17) is 18.0 Å². The van der Waals surface area contributed by atoms with Crippen LogP contribution in [0.1, 0.15) is 165 Å². The van der Waals surface area contributed by atoms with Gasteiger partial charge in [-0.25, -0.2) is 0 Å². The van der Waals surface area contributed by atoms with Gasteiger partial charge in [0.1, 0.15) is 5.78 Å². The van der Waals surface area contributed by atoms with Gasteiger partial charge in [0.25, 0.3) is 0 Å². The highest BCUT2D eigenvalue weighted by atomic mass is 32.1. The number of Topliss-reactive ketones (excluding diaryl/α,β-unsaturated/α-hetero) is 1. The number of carbonyl (C=O) groups excluding carboxylic acids is 2. The maximum atomic E-state index is 13.2. The fraction of sp³-hybridized carbons (Fsp3) is 0.769. The first-order chi connectivity index (χ1) is 28.6. The van der Waals surface area contributed by atoms with Crippen LogP contribution >= 0.6 is 11.3 Å². The van der Waals surface area contributed by atoms with Crippen LogP contribution in [-0.2, 0) is 34.0 Å². The van der Waals surface area contributed by atoms with Crippen LogP contribution in [0.3, 0.4) is 0 Å². The molecule has 2 rings (SSSR count). The van der Waals surface area contributed by atoms with E-state index in [-0.39, 0.29) is 51.2 Å². The van der Waals surface area contributed by atoms with Gasteiger partial charge in [0.05, 0.1) is 19.3 Å². The topological polar surface area (TPSA) is 71.1 Å². The minimum Gasteiger partial charge on any atom is -0.469 e. The lowest BCUT2D eigenvalue weighted by Gasteiger charge is -2.39. The predicted octanol–water partition coefficient (Wildman–Crippen LogP) is 16.2. The smallest absolute Gasteiger partial charge is 0.305 e. The second-order valence-electron chi connectivity index (χ2n) is 22.4. The van der Waals surface area contributed by atoms with E-state index >= 15 is 0 Å². The zero-order valence-corrected chi connectivity index (χ0v) is 47.2. The number of methoxy groups -OCH3 is 1. The first-order valence-corrected chi connectivity index (χ1v) is 33.9. The number of hydrogen-bond donors (Lipinski definition) is 0. The zero-order valence-electron chi connectivity index (χ0n) is 43.3. The molecular formula is C52H96O6SSi3. The third kappa shape index (κ3) is 21.3. The van der Waals surface area contributed by atoms with E-state index in [1.165, 1.54) is 31.2 Å². The first kappa shape index (κ1) is 58.6. The number of rotatable bonds is 25. The van der Waals surface area contributed by atoms with E-state index in [1.54, 1.807) is 0 Å². The first-order valence-electron chi connectivity index (χ1n) is 24.3. The Morgan fingerprint density at radius 3 is 1.95 bits per heavy atom. The quantitative estimate of drug-likeness (QED) is 0.0421. The number of esters is 1. The number of unbranched alkanes of at least 4 members (excludes halogenated alkanes) is 3. The average Bonchev–Trinajstić information content (AvgIpc) is 3.76. The van der Waals surface area contributed by atoms with E-state index in [0.717, 1.165) is 57.8 Å². The van der Waals surface area contributed by atoms with Crippen molar-refractivity contribution < 1.29 is 27.6 Å². The van der Waals surface area contributed by atoms with Crippen LogP contribution in [0.15, 0.2) is 54.0 Å². The standard InChI is InChI=1S/C33H62O5Si2.C19H34OSSi/c1-13-20-26(37-39(9,10)32(2,3)4)21-18-19-23-28-27(22-16-14-15-17-24-31(35)36-8)29(34)25-30(28)38-40(11,12)33(5,6)7;1-7-8-9-12-17(20-22(5,6)19(2,3)4)13-10-14-18-15-11-16-21-18/h14,16,19,23,26-28,30H,13,15,17-18,20-22,24-25H2,1-12H3;10-11,13,15-17H,7-9,12,14H2,1-6H3/b16-14-,23-19+;13-10+/t26?,27-,28-,30?;/m1./s1. The van der Waals surface area contributed by atoms with Gasteiger partial charge < -0.3 is 18.0 Å². The van der Waals surface area contributed by atoms with Crippen molar-refractivity contribution in [2.24, 2.45) is 11.8 Å². The molecule has 5 atom stereocenters. The normalized spacial score (nSPS) is 19.4. The van der Waals surface area contributed by atoms with Crippen LogP contribution in [0, 0.1) is 11.8 Å². The van der Waals surface area contributed by atoms with Gasteiger partial charge in [0, 0.05) is 35.7 Å². The lowest BCUT2D eigenvalue weighted by atomic mass is 9.90. The van der Waals surface area contributed by atoms with Crippen molar-refractivity contribution in [3.05, 3.63) is 58.8 Å². The Bertz CT molecular complexity index is 1490. The van der Waals surface area contributed by atoms with Gasteiger partial charge in [-0.05, 0) is 117 Å². The Labute approximate surface area is 390 Å². The van der Waals surface area contributed by atoms with Crippen LogP contribution in [0.5, 0.6) is 0 Å². The number of allylic oxidation sites excluding steroid dienone is 4. The van der Waals surface area contributed by atoms with Gasteiger partial charge in [-0.2, -0.15) is 0 Å². The highest BCUT2D eigenvalue weighted by molar-refractivity contribution is 7.09. The third-order valence-corrected chi connectivity index (χ3v) is 28.4. The molecule has 1 aromatic rings. The van der Waals surface area contributed by atoms with Gasteiger partial charge in [0.15, 0.2) is 25.0 Å². The molecule has 0 spiro atoms. The molecule has 0 saturated heterocycles. The molecule has 1 aromatic heterocycles. The Morgan fingerprint density at radius 1 is 0.774 bits per heavy atom. The van der Waals surface area contributed by atoms with Crippen molar-refractivity contribution in [1.29, 1.82) is 0 Å². The highest BCUT2D eigenvalue weighted by Crippen LogP contribution is 2.43. The molecule has 10 heteroatoms. The van der Waals surface area contributed by atoms with Crippen molar-refractivity contribution >= 4 is 48.0 Å². The molecule has 1 saturated carbocycles. The Balaban J connectivity index is 0.000000734. The van der Waals surface area contributed by atoms with Crippen molar-refractivity contribution in [2.75, 3.05) is 7.11 Å². The van der Waals surface area contributed by atoms with E-state index in [9.17, 15) is 9.59 Å². The molecule has 358 valence electrons. The summed E-state index contributed by atoms with van der Waals surface area (Å²) in [6, 6.07) is 4.33. The molecule has 0 radical (unpaired) electrons. The predicted molar refractivity (Wildman–Crippen MR) is 277 cm³/mol. The summed E-state index contributed by atoms with van der Waals surface area (Å²) in [7, 11) is -4.11. The van der Waals surface area contributed by atoms with Crippen LogP contribution in [-0.4, -0.2) is 62.1 Å². The molecule has 0 bridgehead atoms. The molecule has 0 amide bonds. The van der Waals surface area contributed by atoms with Crippen LogP contribution < -0.4 is 0 Å². The average molecular weight is 934 g/mol. The molecule has 0 aromatic carbocycles.